The maximum absolute atomic E-state index is 11.1. The Morgan fingerprint density at radius 1 is 1.50 bits per heavy atom. The molecule has 0 saturated heterocycles. The van der Waals surface area contributed by atoms with Gasteiger partial charge in [-0.15, -0.1) is 0 Å². The van der Waals surface area contributed by atoms with E-state index in [2.05, 4.69) is 4.37 Å². The van der Waals surface area contributed by atoms with Crippen molar-refractivity contribution in [3.05, 3.63) is 30.0 Å². The van der Waals surface area contributed by atoms with Crippen molar-refractivity contribution in [2.45, 2.75) is 20.3 Å². The summed E-state index contributed by atoms with van der Waals surface area (Å²) in [4.78, 5) is 11.1. The van der Waals surface area contributed by atoms with Crippen molar-refractivity contribution >= 4 is 27.6 Å². The summed E-state index contributed by atoms with van der Waals surface area (Å²) in [6, 6.07) is 5.92. The molecule has 1 aromatic heterocycles. The van der Waals surface area contributed by atoms with Crippen molar-refractivity contribution in [3.8, 4) is 0 Å². The van der Waals surface area contributed by atoms with Gasteiger partial charge in [-0.3, -0.25) is 4.79 Å². The Morgan fingerprint density at radius 3 is 2.94 bits per heavy atom. The smallest absolute Gasteiger partial charge is 0.309 e. The first kappa shape index (κ1) is 11.1. The predicted octanol–water partition coefficient (Wildman–Crippen LogP) is 2.95. The maximum atomic E-state index is 11.1. The van der Waals surface area contributed by atoms with Crippen LogP contribution in [0.1, 0.15) is 19.4 Å². The van der Waals surface area contributed by atoms with Gasteiger partial charge >= 0.3 is 5.97 Å². The Balaban J connectivity index is 2.41. The average molecular weight is 235 g/mol. The molecule has 2 rings (SSSR count). The van der Waals surface area contributed by atoms with Crippen molar-refractivity contribution in [1.29, 1.82) is 0 Å². The molecule has 0 aliphatic rings. The lowest BCUT2D eigenvalue weighted by Gasteiger charge is -2.19. The molecule has 2 aromatic rings. The van der Waals surface area contributed by atoms with Gasteiger partial charge in [0.25, 0.3) is 0 Å². The zero-order valence-electron chi connectivity index (χ0n) is 9.23. The van der Waals surface area contributed by atoms with E-state index in [4.69, 9.17) is 5.11 Å². The van der Waals surface area contributed by atoms with Gasteiger partial charge in [0, 0.05) is 11.6 Å². The van der Waals surface area contributed by atoms with Crippen molar-refractivity contribution in [1.82, 2.24) is 4.37 Å². The Kier molecular flexibility index (Phi) is 2.68. The Hall–Kier alpha value is -1.42. The number of nitrogens with zero attached hydrogens (tertiary/aromatic N) is 1. The second kappa shape index (κ2) is 3.87. The molecule has 0 aliphatic carbocycles. The van der Waals surface area contributed by atoms with Gasteiger partial charge < -0.3 is 5.11 Å². The van der Waals surface area contributed by atoms with Gasteiger partial charge in [0.15, 0.2) is 0 Å². The zero-order valence-corrected chi connectivity index (χ0v) is 10.0. The molecule has 1 aromatic carbocycles. The van der Waals surface area contributed by atoms with E-state index >= 15 is 0 Å². The minimum Gasteiger partial charge on any atom is -0.481 e. The summed E-state index contributed by atoms with van der Waals surface area (Å²) >= 11 is 1.42. The number of benzene rings is 1. The van der Waals surface area contributed by atoms with Gasteiger partial charge in [0.2, 0.25) is 0 Å². The number of carboxylic acids is 1. The fraction of sp³-hybridized carbons (Fsp3) is 0.333. The highest BCUT2D eigenvalue weighted by molar-refractivity contribution is 7.13. The van der Waals surface area contributed by atoms with Crippen molar-refractivity contribution < 1.29 is 9.90 Å². The highest BCUT2D eigenvalue weighted by Crippen LogP contribution is 2.29. The number of hydrogen-bond donors (Lipinski definition) is 1. The third-order valence-electron chi connectivity index (χ3n) is 2.67. The second-order valence-electron chi connectivity index (χ2n) is 4.53. The van der Waals surface area contributed by atoms with Gasteiger partial charge in [0.1, 0.15) is 0 Å². The number of rotatable bonds is 3. The van der Waals surface area contributed by atoms with Gasteiger partial charge in [-0.05, 0) is 37.4 Å². The van der Waals surface area contributed by atoms with Crippen molar-refractivity contribution in [2.24, 2.45) is 5.41 Å². The van der Waals surface area contributed by atoms with E-state index in [0.717, 1.165) is 15.6 Å². The van der Waals surface area contributed by atoms with Crippen molar-refractivity contribution in [2.75, 3.05) is 0 Å². The number of hydrogen-bond acceptors (Lipinski definition) is 3. The second-order valence-corrected chi connectivity index (χ2v) is 5.33. The first-order valence-corrected chi connectivity index (χ1v) is 5.84. The summed E-state index contributed by atoms with van der Waals surface area (Å²) in [6.45, 7) is 3.49. The molecule has 0 unspecified atom stereocenters. The maximum Gasteiger partial charge on any atom is 0.309 e. The van der Waals surface area contributed by atoms with Crippen LogP contribution in [0.2, 0.25) is 0 Å². The minimum absolute atomic E-state index is 0.530. The van der Waals surface area contributed by atoms with Gasteiger partial charge in [-0.25, -0.2) is 0 Å². The molecule has 0 saturated carbocycles. The topological polar surface area (TPSA) is 50.2 Å². The van der Waals surface area contributed by atoms with Crippen LogP contribution in [-0.4, -0.2) is 15.4 Å². The predicted molar refractivity (Wildman–Crippen MR) is 64.7 cm³/mol. The zero-order chi connectivity index (χ0) is 11.8. The normalized spacial score (nSPS) is 11.9. The molecule has 16 heavy (non-hydrogen) atoms. The monoisotopic (exact) mass is 235 g/mol. The Labute approximate surface area is 97.9 Å². The van der Waals surface area contributed by atoms with Crippen LogP contribution in [0.3, 0.4) is 0 Å². The summed E-state index contributed by atoms with van der Waals surface area (Å²) in [5.74, 6) is -0.769. The highest BCUT2D eigenvalue weighted by atomic mass is 32.1. The van der Waals surface area contributed by atoms with Crippen LogP contribution in [0.25, 0.3) is 10.1 Å². The van der Waals surface area contributed by atoms with E-state index in [0.29, 0.717) is 6.42 Å². The van der Waals surface area contributed by atoms with E-state index in [1.807, 2.05) is 24.4 Å². The molecule has 3 nitrogen and oxygen atoms in total. The number of carbonyl (C=O) groups is 1. The molecular weight excluding hydrogens is 222 g/mol. The molecule has 84 valence electrons. The number of aliphatic carboxylic acids is 1. The summed E-state index contributed by atoms with van der Waals surface area (Å²) in [5.41, 5.74) is 0.325. The number of aromatic nitrogens is 1. The van der Waals surface area contributed by atoms with E-state index in [-0.39, 0.29) is 0 Å². The minimum atomic E-state index is -0.769. The highest BCUT2D eigenvalue weighted by Gasteiger charge is 2.28. The van der Waals surface area contributed by atoms with E-state index < -0.39 is 11.4 Å². The standard InChI is InChI=1S/C12H13NO2S/c1-12(2,11(14)15)6-8-4-3-5-9-7-13-16-10(8)9/h3-5,7H,6H2,1-2H3,(H,14,15). The average Bonchev–Trinajstić information content (AvgIpc) is 2.65. The summed E-state index contributed by atoms with van der Waals surface area (Å²) in [5, 5.41) is 10.2. The van der Waals surface area contributed by atoms with Gasteiger partial charge in [-0.2, -0.15) is 4.37 Å². The summed E-state index contributed by atoms with van der Waals surface area (Å²) < 4.78 is 5.23. The molecule has 0 spiro atoms. The molecule has 4 heteroatoms. The van der Waals surface area contributed by atoms with Gasteiger partial charge in [0.05, 0.1) is 10.1 Å². The molecule has 0 aliphatic heterocycles. The van der Waals surface area contributed by atoms with Crippen LogP contribution >= 0.6 is 11.5 Å². The molecule has 0 atom stereocenters. The molecule has 1 N–H and O–H groups in total. The van der Waals surface area contributed by atoms with E-state index in [1.54, 1.807) is 13.8 Å². The largest absolute Gasteiger partial charge is 0.481 e. The van der Waals surface area contributed by atoms with Crippen molar-refractivity contribution in [3.63, 3.8) is 0 Å². The van der Waals surface area contributed by atoms with Crippen LogP contribution in [0.5, 0.6) is 0 Å². The van der Waals surface area contributed by atoms with Crippen LogP contribution in [0.15, 0.2) is 24.4 Å². The lowest BCUT2D eigenvalue weighted by Crippen LogP contribution is -2.26. The lowest BCUT2D eigenvalue weighted by atomic mass is 9.86. The number of fused-ring (bicyclic) bond motifs is 1. The Morgan fingerprint density at radius 2 is 2.25 bits per heavy atom. The van der Waals surface area contributed by atoms with E-state index in [1.165, 1.54) is 11.5 Å². The van der Waals surface area contributed by atoms with Crippen LogP contribution in [0, 0.1) is 5.41 Å². The molecule has 0 fully saturated rings. The molecule has 0 amide bonds. The first-order valence-electron chi connectivity index (χ1n) is 5.06. The lowest BCUT2D eigenvalue weighted by molar-refractivity contribution is -0.146. The molecule has 0 bridgehead atoms. The van der Waals surface area contributed by atoms with Gasteiger partial charge in [-0.1, -0.05) is 18.2 Å². The first-order chi connectivity index (χ1) is 7.50. The quantitative estimate of drug-likeness (QED) is 0.889. The van der Waals surface area contributed by atoms with Crippen LogP contribution in [-0.2, 0) is 11.2 Å². The van der Waals surface area contributed by atoms with Crippen LogP contribution < -0.4 is 0 Å². The van der Waals surface area contributed by atoms with E-state index in [9.17, 15) is 4.79 Å². The molecule has 0 radical (unpaired) electrons. The van der Waals surface area contributed by atoms with Crippen LogP contribution in [0.4, 0.5) is 0 Å². The third kappa shape index (κ3) is 1.93. The SMILES string of the molecule is CC(C)(Cc1cccc2cnsc12)C(=O)O. The molecular formula is C12H13NO2S. The summed E-state index contributed by atoms with van der Waals surface area (Å²) in [6.07, 6.45) is 2.35. The fourth-order valence-electron chi connectivity index (χ4n) is 1.64. The fourth-order valence-corrected chi connectivity index (χ4v) is 2.40. The molecule has 1 heterocycles. The number of carboxylic acid groups (broad SMARTS) is 1. The third-order valence-corrected chi connectivity index (χ3v) is 3.57. The Bertz CT molecular complexity index is 531. The summed E-state index contributed by atoms with van der Waals surface area (Å²) in [7, 11) is 0.